The molecule has 1 N–H and O–H groups in total. The molecule has 0 aromatic rings. The maximum absolute atomic E-state index is 11.6. The van der Waals surface area contributed by atoms with Gasteiger partial charge in [0.15, 0.2) is 0 Å². The molecule has 1 aliphatic carbocycles. The normalized spacial score (nSPS) is 31.6. The van der Waals surface area contributed by atoms with Gasteiger partial charge >= 0.3 is 0 Å². The number of nitrogens with one attached hydrogen (secondary N) is 1. The molecule has 2 rings (SSSR count). The van der Waals surface area contributed by atoms with Crippen LogP contribution >= 0.6 is 0 Å². The lowest BCUT2D eigenvalue weighted by molar-refractivity contribution is -0.129. The number of carbonyl (C=O) groups is 1. The highest BCUT2D eigenvalue weighted by Crippen LogP contribution is 2.25. The maximum atomic E-state index is 11.6. The van der Waals surface area contributed by atoms with E-state index in [0.29, 0.717) is 18.5 Å². The van der Waals surface area contributed by atoms with Crippen LogP contribution in [0.1, 0.15) is 32.6 Å². The summed E-state index contributed by atoms with van der Waals surface area (Å²) < 4.78 is 0. The molecular formula is C11H20N2O. The molecule has 3 nitrogen and oxygen atoms in total. The number of rotatable bonds is 3. The number of amides is 1. The Kier molecular flexibility index (Phi) is 3.06. The highest BCUT2D eigenvalue weighted by Gasteiger charge is 2.26. The van der Waals surface area contributed by atoms with Crippen LogP contribution in [0.2, 0.25) is 0 Å². The van der Waals surface area contributed by atoms with Crippen molar-refractivity contribution in [3.8, 4) is 0 Å². The van der Waals surface area contributed by atoms with Crippen molar-refractivity contribution >= 4 is 5.91 Å². The topological polar surface area (TPSA) is 32.3 Å². The molecule has 1 aliphatic heterocycles. The molecule has 80 valence electrons. The third-order valence-corrected chi connectivity index (χ3v) is 3.37. The molecule has 14 heavy (non-hydrogen) atoms. The van der Waals surface area contributed by atoms with Gasteiger partial charge in [-0.3, -0.25) is 4.79 Å². The van der Waals surface area contributed by atoms with Gasteiger partial charge < -0.3 is 10.2 Å². The Hall–Kier alpha value is -0.570. The summed E-state index contributed by atoms with van der Waals surface area (Å²) in [7, 11) is 0. The van der Waals surface area contributed by atoms with Gasteiger partial charge in [0.2, 0.25) is 5.91 Å². The minimum absolute atomic E-state index is 0.294. The second-order valence-electron chi connectivity index (χ2n) is 4.74. The van der Waals surface area contributed by atoms with Gasteiger partial charge in [-0.25, -0.2) is 0 Å². The summed E-state index contributed by atoms with van der Waals surface area (Å²) in [6.45, 7) is 4.76. The Morgan fingerprint density at radius 2 is 2.00 bits per heavy atom. The molecule has 0 aromatic carbocycles. The second kappa shape index (κ2) is 4.30. The number of hydrogen-bond acceptors (Lipinski definition) is 2. The van der Waals surface area contributed by atoms with Gasteiger partial charge in [-0.15, -0.1) is 0 Å². The molecule has 1 saturated heterocycles. The van der Waals surface area contributed by atoms with E-state index < -0.39 is 0 Å². The van der Waals surface area contributed by atoms with Crippen LogP contribution in [0.4, 0.5) is 0 Å². The van der Waals surface area contributed by atoms with Crippen molar-refractivity contribution in [3.63, 3.8) is 0 Å². The smallest absolute Gasteiger partial charge is 0.236 e. The number of likely N-dealkylation sites (tertiary alicyclic amines) is 1. The van der Waals surface area contributed by atoms with E-state index in [1.807, 2.05) is 4.90 Å². The molecule has 2 aliphatic rings. The fourth-order valence-electron chi connectivity index (χ4n) is 2.38. The van der Waals surface area contributed by atoms with Gasteiger partial charge in [0, 0.05) is 19.1 Å². The lowest BCUT2D eigenvalue weighted by Gasteiger charge is -2.33. The summed E-state index contributed by atoms with van der Waals surface area (Å²) in [4.78, 5) is 13.6. The Morgan fingerprint density at radius 1 is 1.36 bits per heavy atom. The van der Waals surface area contributed by atoms with Crippen molar-refractivity contribution in [2.24, 2.45) is 5.92 Å². The average Bonchev–Trinajstić information content (AvgIpc) is 2.62. The lowest BCUT2D eigenvalue weighted by atomic mass is 9.82. The minimum Gasteiger partial charge on any atom is -0.342 e. The predicted molar refractivity (Wildman–Crippen MR) is 56.0 cm³/mol. The molecular weight excluding hydrogens is 176 g/mol. The van der Waals surface area contributed by atoms with E-state index in [1.54, 1.807) is 0 Å². The molecule has 1 saturated carbocycles. The van der Waals surface area contributed by atoms with E-state index in [1.165, 1.54) is 25.7 Å². The first-order chi connectivity index (χ1) is 6.75. The van der Waals surface area contributed by atoms with Crippen molar-refractivity contribution in [2.75, 3.05) is 19.6 Å². The largest absolute Gasteiger partial charge is 0.342 e. The molecule has 0 radical (unpaired) electrons. The summed E-state index contributed by atoms with van der Waals surface area (Å²) in [6.07, 6.45) is 4.86. The Bertz CT molecular complexity index is 205. The quantitative estimate of drug-likeness (QED) is 0.730. The molecule has 0 atom stereocenters. The van der Waals surface area contributed by atoms with Crippen LogP contribution in [0.3, 0.4) is 0 Å². The fourth-order valence-corrected chi connectivity index (χ4v) is 2.38. The average molecular weight is 196 g/mol. The van der Waals surface area contributed by atoms with Crippen LogP contribution in [0, 0.1) is 5.92 Å². The van der Waals surface area contributed by atoms with Crippen LogP contribution in [0.25, 0.3) is 0 Å². The van der Waals surface area contributed by atoms with Crippen molar-refractivity contribution in [1.82, 2.24) is 10.2 Å². The van der Waals surface area contributed by atoms with Crippen molar-refractivity contribution in [1.29, 1.82) is 0 Å². The third-order valence-electron chi connectivity index (χ3n) is 3.37. The molecule has 2 fully saturated rings. The van der Waals surface area contributed by atoms with Gasteiger partial charge in [0.25, 0.3) is 0 Å². The standard InChI is InChI=1S/C11H20N2O/c1-9-6-10(7-9)12-8-11(14)13-4-2-3-5-13/h9-10,12H,2-8H2,1H3. The first-order valence-corrected chi connectivity index (χ1v) is 5.77. The Balaban J connectivity index is 1.62. The van der Waals surface area contributed by atoms with Gasteiger partial charge in [-0.2, -0.15) is 0 Å². The van der Waals surface area contributed by atoms with Crippen LogP contribution < -0.4 is 5.32 Å². The zero-order chi connectivity index (χ0) is 9.97. The van der Waals surface area contributed by atoms with Crippen molar-refractivity contribution in [3.05, 3.63) is 0 Å². The maximum Gasteiger partial charge on any atom is 0.236 e. The van der Waals surface area contributed by atoms with E-state index in [0.717, 1.165) is 19.0 Å². The summed E-state index contributed by atoms with van der Waals surface area (Å²) in [5.74, 6) is 1.15. The van der Waals surface area contributed by atoms with Gasteiger partial charge in [0.1, 0.15) is 0 Å². The van der Waals surface area contributed by atoms with Gasteiger partial charge in [-0.1, -0.05) is 6.92 Å². The van der Waals surface area contributed by atoms with Crippen LogP contribution in [0.15, 0.2) is 0 Å². The summed E-state index contributed by atoms with van der Waals surface area (Å²) in [5, 5.41) is 3.33. The summed E-state index contributed by atoms with van der Waals surface area (Å²) in [6, 6.07) is 0.608. The molecule has 0 spiro atoms. The molecule has 0 bridgehead atoms. The molecule has 0 unspecified atom stereocenters. The molecule has 3 heteroatoms. The highest BCUT2D eigenvalue weighted by atomic mass is 16.2. The van der Waals surface area contributed by atoms with E-state index >= 15 is 0 Å². The van der Waals surface area contributed by atoms with E-state index in [4.69, 9.17) is 0 Å². The second-order valence-corrected chi connectivity index (χ2v) is 4.74. The zero-order valence-corrected chi connectivity index (χ0v) is 8.96. The fraction of sp³-hybridized carbons (Fsp3) is 0.909. The predicted octanol–water partition coefficient (Wildman–Crippen LogP) is 0.997. The van der Waals surface area contributed by atoms with E-state index in [9.17, 15) is 4.79 Å². The third kappa shape index (κ3) is 2.27. The Morgan fingerprint density at radius 3 is 2.57 bits per heavy atom. The zero-order valence-electron chi connectivity index (χ0n) is 8.96. The van der Waals surface area contributed by atoms with Crippen molar-refractivity contribution < 1.29 is 4.79 Å². The number of carbonyl (C=O) groups excluding carboxylic acids is 1. The van der Waals surface area contributed by atoms with Crippen LogP contribution in [0.5, 0.6) is 0 Å². The Labute approximate surface area is 85.8 Å². The van der Waals surface area contributed by atoms with Gasteiger partial charge in [-0.05, 0) is 31.6 Å². The lowest BCUT2D eigenvalue weighted by Crippen LogP contribution is -2.45. The number of nitrogens with zero attached hydrogens (tertiary/aromatic N) is 1. The monoisotopic (exact) mass is 196 g/mol. The summed E-state index contributed by atoms with van der Waals surface area (Å²) in [5.41, 5.74) is 0. The molecule has 1 heterocycles. The van der Waals surface area contributed by atoms with E-state index in [-0.39, 0.29) is 0 Å². The minimum atomic E-state index is 0.294. The SMILES string of the molecule is CC1CC(NCC(=O)N2CCCC2)C1. The first kappa shape index (κ1) is 9.97. The van der Waals surface area contributed by atoms with E-state index in [2.05, 4.69) is 12.2 Å². The molecule has 1 amide bonds. The highest BCUT2D eigenvalue weighted by molar-refractivity contribution is 5.78. The van der Waals surface area contributed by atoms with Crippen LogP contribution in [-0.2, 0) is 4.79 Å². The number of hydrogen-bond donors (Lipinski definition) is 1. The van der Waals surface area contributed by atoms with Crippen molar-refractivity contribution in [2.45, 2.75) is 38.6 Å². The summed E-state index contributed by atoms with van der Waals surface area (Å²) >= 11 is 0. The van der Waals surface area contributed by atoms with Crippen LogP contribution in [-0.4, -0.2) is 36.5 Å². The molecule has 0 aromatic heterocycles. The first-order valence-electron chi connectivity index (χ1n) is 5.77. The van der Waals surface area contributed by atoms with Gasteiger partial charge in [0.05, 0.1) is 6.54 Å².